The van der Waals surface area contributed by atoms with Gasteiger partial charge in [-0.15, -0.1) is 0 Å². The second kappa shape index (κ2) is 7.87. The van der Waals surface area contributed by atoms with Crippen molar-refractivity contribution in [2.45, 2.75) is 39.3 Å². The number of hydrogen-bond acceptors (Lipinski definition) is 4. The molecule has 0 amide bonds. The van der Waals surface area contributed by atoms with Gasteiger partial charge in [-0.25, -0.2) is 0 Å². The zero-order valence-electron chi connectivity index (χ0n) is 13.5. The van der Waals surface area contributed by atoms with Crippen molar-refractivity contribution in [1.82, 2.24) is 5.32 Å². The Kier molecular flexibility index (Phi) is 6.78. The fourth-order valence-electron chi connectivity index (χ4n) is 2.13. The molecule has 0 aliphatic heterocycles. The number of halogens is 1. The van der Waals surface area contributed by atoms with Crippen LogP contribution in [-0.4, -0.2) is 31.5 Å². The Morgan fingerprint density at radius 2 is 2.00 bits per heavy atom. The molecule has 0 heterocycles. The molecule has 0 fully saturated rings. The van der Waals surface area contributed by atoms with Gasteiger partial charge in [-0.1, -0.05) is 37.9 Å². The third-order valence-electron chi connectivity index (χ3n) is 4.04. The maximum Gasteiger partial charge on any atom is 0.179 e. The fourth-order valence-corrected chi connectivity index (χ4v) is 2.43. The quantitative estimate of drug-likeness (QED) is 0.773. The van der Waals surface area contributed by atoms with Crippen LogP contribution < -0.4 is 14.8 Å². The average Bonchev–Trinajstić information content (AvgIpc) is 2.47. The van der Waals surface area contributed by atoms with Gasteiger partial charge in [-0.05, 0) is 24.5 Å². The van der Waals surface area contributed by atoms with E-state index in [9.17, 15) is 5.11 Å². The number of hydrogen-bond donors (Lipinski definition) is 2. The predicted molar refractivity (Wildman–Crippen MR) is 86.3 cm³/mol. The number of ether oxygens (including phenoxy) is 2. The summed E-state index contributed by atoms with van der Waals surface area (Å²) in [5.74, 6) is 1.37. The van der Waals surface area contributed by atoms with Crippen molar-refractivity contribution in [3.63, 3.8) is 0 Å². The molecule has 1 aromatic carbocycles. The first kappa shape index (κ1) is 18.1. The average molecular weight is 316 g/mol. The summed E-state index contributed by atoms with van der Waals surface area (Å²) >= 11 is 6.33. The summed E-state index contributed by atoms with van der Waals surface area (Å²) in [6.07, 6.45) is 0.936. The molecule has 120 valence electrons. The van der Waals surface area contributed by atoms with Crippen LogP contribution in [0.4, 0.5) is 0 Å². The second-order valence-corrected chi connectivity index (χ2v) is 5.92. The molecule has 0 radical (unpaired) electrons. The highest BCUT2D eigenvalue weighted by molar-refractivity contribution is 6.33. The van der Waals surface area contributed by atoms with E-state index in [1.165, 1.54) is 0 Å². The number of methoxy groups -OCH3 is 2. The third kappa shape index (κ3) is 4.50. The standard InChI is InChI=1S/C16H26ClNO3/c1-6-11(2)16(3,19)10-18-9-12-7-8-13(20-4)15(21-5)14(12)17/h7-8,11,18-19H,6,9-10H2,1-5H3. The smallest absolute Gasteiger partial charge is 0.179 e. The van der Waals surface area contributed by atoms with E-state index in [4.69, 9.17) is 21.1 Å². The van der Waals surface area contributed by atoms with Crippen LogP contribution in [0.25, 0.3) is 0 Å². The van der Waals surface area contributed by atoms with Gasteiger partial charge >= 0.3 is 0 Å². The van der Waals surface area contributed by atoms with Crippen LogP contribution >= 0.6 is 11.6 Å². The first-order chi connectivity index (χ1) is 9.87. The van der Waals surface area contributed by atoms with E-state index < -0.39 is 5.60 Å². The summed E-state index contributed by atoms with van der Waals surface area (Å²) < 4.78 is 10.5. The number of benzene rings is 1. The SMILES string of the molecule is CCC(C)C(C)(O)CNCc1ccc(OC)c(OC)c1Cl. The Morgan fingerprint density at radius 1 is 1.33 bits per heavy atom. The zero-order valence-corrected chi connectivity index (χ0v) is 14.3. The lowest BCUT2D eigenvalue weighted by Gasteiger charge is -2.30. The van der Waals surface area contributed by atoms with E-state index in [0.29, 0.717) is 29.6 Å². The van der Waals surface area contributed by atoms with Gasteiger partial charge in [0.25, 0.3) is 0 Å². The molecular formula is C16H26ClNO3. The molecule has 0 bridgehead atoms. The van der Waals surface area contributed by atoms with Crippen molar-refractivity contribution in [2.75, 3.05) is 20.8 Å². The van der Waals surface area contributed by atoms with Gasteiger partial charge in [0.2, 0.25) is 0 Å². The van der Waals surface area contributed by atoms with Crippen molar-refractivity contribution < 1.29 is 14.6 Å². The van der Waals surface area contributed by atoms with Crippen LogP contribution in [0.2, 0.25) is 5.02 Å². The lowest BCUT2D eigenvalue weighted by molar-refractivity contribution is 0.00534. The van der Waals surface area contributed by atoms with Crippen molar-refractivity contribution in [1.29, 1.82) is 0 Å². The van der Waals surface area contributed by atoms with Gasteiger partial charge in [-0.2, -0.15) is 0 Å². The predicted octanol–water partition coefficient (Wildman–Crippen LogP) is 3.24. The Hall–Kier alpha value is -0.970. The van der Waals surface area contributed by atoms with Gasteiger partial charge in [0.1, 0.15) is 0 Å². The topological polar surface area (TPSA) is 50.7 Å². The highest BCUT2D eigenvalue weighted by Gasteiger charge is 2.26. The molecule has 0 aliphatic rings. The van der Waals surface area contributed by atoms with Crippen LogP contribution in [0.3, 0.4) is 0 Å². The largest absolute Gasteiger partial charge is 0.493 e. The van der Waals surface area contributed by atoms with E-state index in [2.05, 4.69) is 12.2 Å². The van der Waals surface area contributed by atoms with Crippen LogP contribution in [0, 0.1) is 5.92 Å². The molecule has 1 aromatic rings. The van der Waals surface area contributed by atoms with Crippen LogP contribution in [0.1, 0.15) is 32.8 Å². The molecule has 5 heteroatoms. The molecule has 0 saturated carbocycles. The second-order valence-electron chi connectivity index (χ2n) is 5.54. The summed E-state index contributed by atoms with van der Waals surface area (Å²) in [7, 11) is 3.14. The van der Waals surface area contributed by atoms with Crippen molar-refractivity contribution >= 4 is 11.6 Å². The lowest BCUT2D eigenvalue weighted by atomic mass is 9.88. The van der Waals surface area contributed by atoms with Crippen LogP contribution in [0.15, 0.2) is 12.1 Å². The first-order valence-electron chi connectivity index (χ1n) is 7.19. The Balaban J connectivity index is 2.73. The molecule has 0 aliphatic carbocycles. The first-order valence-corrected chi connectivity index (χ1v) is 7.57. The van der Waals surface area contributed by atoms with E-state index in [1.54, 1.807) is 14.2 Å². The molecule has 0 saturated heterocycles. The highest BCUT2D eigenvalue weighted by atomic mass is 35.5. The van der Waals surface area contributed by atoms with E-state index in [1.807, 2.05) is 26.0 Å². The molecule has 2 unspecified atom stereocenters. The monoisotopic (exact) mass is 315 g/mol. The number of rotatable bonds is 8. The lowest BCUT2D eigenvalue weighted by Crippen LogP contribution is -2.42. The summed E-state index contributed by atoms with van der Waals surface area (Å²) in [6, 6.07) is 3.73. The van der Waals surface area contributed by atoms with Crippen LogP contribution in [0.5, 0.6) is 11.5 Å². The number of nitrogens with one attached hydrogen (secondary N) is 1. The molecule has 21 heavy (non-hydrogen) atoms. The minimum Gasteiger partial charge on any atom is -0.493 e. The van der Waals surface area contributed by atoms with Gasteiger partial charge < -0.3 is 19.9 Å². The minimum absolute atomic E-state index is 0.228. The van der Waals surface area contributed by atoms with Crippen LogP contribution in [-0.2, 0) is 6.54 Å². The zero-order chi connectivity index (χ0) is 16.0. The molecule has 2 atom stereocenters. The Bertz CT molecular complexity index is 463. The molecule has 0 spiro atoms. The summed E-state index contributed by atoms with van der Waals surface area (Å²) in [4.78, 5) is 0. The van der Waals surface area contributed by atoms with Crippen molar-refractivity contribution in [3.05, 3.63) is 22.7 Å². The van der Waals surface area contributed by atoms with E-state index in [-0.39, 0.29) is 5.92 Å². The summed E-state index contributed by atoms with van der Waals surface area (Å²) in [5.41, 5.74) is 0.173. The van der Waals surface area contributed by atoms with Gasteiger partial charge in [0.15, 0.2) is 11.5 Å². The summed E-state index contributed by atoms with van der Waals surface area (Å²) in [5, 5.41) is 14.2. The maximum absolute atomic E-state index is 10.4. The summed E-state index contributed by atoms with van der Waals surface area (Å²) in [6.45, 7) is 7.04. The molecule has 4 nitrogen and oxygen atoms in total. The van der Waals surface area contributed by atoms with Crippen molar-refractivity contribution in [3.8, 4) is 11.5 Å². The highest BCUT2D eigenvalue weighted by Crippen LogP contribution is 2.37. The van der Waals surface area contributed by atoms with E-state index in [0.717, 1.165) is 12.0 Å². The third-order valence-corrected chi connectivity index (χ3v) is 4.45. The maximum atomic E-state index is 10.4. The van der Waals surface area contributed by atoms with Gasteiger partial charge in [0, 0.05) is 13.1 Å². The van der Waals surface area contributed by atoms with Crippen molar-refractivity contribution in [2.24, 2.45) is 5.92 Å². The van der Waals surface area contributed by atoms with Gasteiger partial charge in [-0.3, -0.25) is 0 Å². The van der Waals surface area contributed by atoms with E-state index >= 15 is 0 Å². The normalized spacial score (nSPS) is 15.4. The Morgan fingerprint density at radius 3 is 2.52 bits per heavy atom. The van der Waals surface area contributed by atoms with Gasteiger partial charge in [0.05, 0.1) is 24.8 Å². The number of aliphatic hydroxyl groups is 1. The Labute approximate surface area is 132 Å². The molecular weight excluding hydrogens is 290 g/mol. The minimum atomic E-state index is -0.738. The molecule has 0 aromatic heterocycles. The molecule has 2 N–H and O–H groups in total. The fraction of sp³-hybridized carbons (Fsp3) is 0.625. The molecule has 1 rings (SSSR count).